The molecular formula is C16H24N2O2S. The van der Waals surface area contributed by atoms with Crippen LogP contribution in [-0.2, 0) is 0 Å². The third-order valence-corrected chi connectivity index (χ3v) is 5.65. The highest BCUT2D eigenvalue weighted by Crippen LogP contribution is 2.38. The molecule has 0 spiro atoms. The van der Waals surface area contributed by atoms with Crippen LogP contribution in [0.3, 0.4) is 0 Å². The largest absolute Gasteiger partial charge is 0.313 e. The van der Waals surface area contributed by atoms with Gasteiger partial charge in [0.2, 0.25) is 0 Å². The second-order valence-electron chi connectivity index (χ2n) is 5.66. The van der Waals surface area contributed by atoms with E-state index in [9.17, 15) is 10.1 Å². The predicted octanol–water partition coefficient (Wildman–Crippen LogP) is 4.24. The van der Waals surface area contributed by atoms with Crippen LogP contribution in [0.2, 0.25) is 0 Å². The number of benzene rings is 1. The lowest BCUT2D eigenvalue weighted by atomic mass is 9.84. The average Bonchev–Trinajstić information content (AvgIpc) is 2.49. The molecule has 1 aliphatic carbocycles. The van der Waals surface area contributed by atoms with E-state index in [-0.39, 0.29) is 10.6 Å². The van der Waals surface area contributed by atoms with Crippen molar-refractivity contribution in [1.29, 1.82) is 0 Å². The van der Waals surface area contributed by atoms with Gasteiger partial charge in [0.15, 0.2) is 0 Å². The SMILES string of the molecule is CCNC1CCC(CC)CC1Sc1ccc([N+](=O)[O-])cc1. The summed E-state index contributed by atoms with van der Waals surface area (Å²) < 4.78 is 0. The van der Waals surface area contributed by atoms with Crippen LogP contribution in [0.25, 0.3) is 0 Å². The normalized spacial score (nSPS) is 25.7. The number of hydrogen-bond donors (Lipinski definition) is 1. The van der Waals surface area contributed by atoms with E-state index in [4.69, 9.17) is 0 Å². The molecule has 1 aromatic rings. The number of nitrogens with one attached hydrogen (secondary N) is 1. The van der Waals surface area contributed by atoms with Gasteiger partial charge < -0.3 is 5.32 Å². The zero-order valence-corrected chi connectivity index (χ0v) is 13.6. The number of rotatable bonds is 6. The third-order valence-electron chi connectivity index (χ3n) is 4.28. The monoisotopic (exact) mass is 308 g/mol. The summed E-state index contributed by atoms with van der Waals surface area (Å²) >= 11 is 1.87. The minimum Gasteiger partial charge on any atom is -0.313 e. The van der Waals surface area contributed by atoms with Gasteiger partial charge in [-0.15, -0.1) is 11.8 Å². The Kier molecular flexibility index (Phi) is 6.06. The van der Waals surface area contributed by atoms with E-state index >= 15 is 0 Å². The molecule has 116 valence electrons. The molecule has 0 bridgehead atoms. The van der Waals surface area contributed by atoms with Crippen molar-refractivity contribution in [3.63, 3.8) is 0 Å². The van der Waals surface area contributed by atoms with Crippen LogP contribution in [0, 0.1) is 16.0 Å². The summed E-state index contributed by atoms with van der Waals surface area (Å²) in [6, 6.07) is 7.51. The van der Waals surface area contributed by atoms with E-state index in [2.05, 4.69) is 19.2 Å². The molecule has 0 aromatic heterocycles. The summed E-state index contributed by atoms with van der Waals surface area (Å²) in [5, 5.41) is 14.9. The summed E-state index contributed by atoms with van der Waals surface area (Å²) in [6.45, 7) is 5.42. The molecule has 1 aliphatic rings. The maximum absolute atomic E-state index is 10.7. The van der Waals surface area contributed by atoms with Crippen molar-refractivity contribution in [1.82, 2.24) is 5.32 Å². The van der Waals surface area contributed by atoms with E-state index in [1.54, 1.807) is 12.1 Å². The van der Waals surface area contributed by atoms with Crippen molar-refractivity contribution in [3.05, 3.63) is 34.4 Å². The first kappa shape index (κ1) is 16.3. The predicted molar refractivity (Wildman–Crippen MR) is 87.8 cm³/mol. The van der Waals surface area contributed by atoms with Gasteiger partial charge in [0.25, 0.3) is 5.69 Å². The van der Waals surface area contributed by atoms with Crippen LogP contribution in [0.4, 0.5) is 5.69 Å². The highest BCUT2D eigenvalue weighted by molar-refractivity contribution is 8.00. The van der Waals surface area contributed by atoms with Gasteiger partial charge in [0.1, 0.15) is 0 Å². The number of nitrogens with zero attached hydrogens (tertiary/aromatic N) is 1. The van der Waals surface area contributed by atoms with Crippen LogP contribution >= 0.6 is 11.8 Å². The number of thioether (sulfide) groups is 1. The average molecular weight is 308 g/mol. The fourth-order valence-electron chi connectivity index (χ4n) is 3.03. The van der Waals surface area contributed by atoms with Gasteiger partial charge in [-0.3, -0.25) is 10.1 Å². The van der Waals surface area contributed by atoms with Crippen molar-refractivity contribution in [2.75, 3.05) is 6.54 Å². The maximum atomic E-state index is 10.7. The van der Waals surface area contributed by atoms with Crippen molar-refractivity contribution < 1.29 is 4.92 Å². The van der Waals surface area contributed by atoms with E-state index in [0.29, 0.717) is 11.3 Å². The minimum atomic E-state index is -0.344. The molecule has 0 aliphatic heterocycles. The number of nitro benzene ring substituents is 1. The summed E-state index contributed by atoms with van der Waals surface area (Å²) in [4.78, 5) is 11.5. The van der Waals surface area contributed by atoms with Gasteiger partial charge in [-0.1, -0.05) is 20.3 Å². The lowest BCUT2D eigenvalue weighted by Crippen LogP contribution is -2.42. The molecule has 21 heavy (non-hydrogen) atoms. The Balaban J connectivity index is 2.04. The Morgan fingerprint density at radius 2 is 2.00 bits per heavy atom. The van der Waals surface area contributed by atoms with Crippen molar-refractivity contribution in [2.24, 2.45) is 5.92 Å². The van der Waals surface area contributed by atoms with Crippen molar-refractivity contribution >= 4 is 17.4 Å². The molecule has 0 radical (unpaired) electrons. The molecule has 3 unspecified atom stereocenters. The van der Waals surface area contributed by atoms with E-state index < -0.39 is 0 Å². The second kappa shape index (κ2) is 7.80. The highest BCUT2D eigenvalue weighted by atomic mass is 32.2. The molecular weight excluding hydrogens is 284 g/mol. The molecule has 5 heteroatoms. The van der Waals surface area contributed by atoms with Crippen LogP contribution in [-0.4, -0.2) is 22.8 Å². The van der Waals surface area contributed by atoms with Gasteiger partial charge in [0, 0.05) is 28.3 Å². The molecule has 2 rings (SSSR count). The van der Waals surface area contributed by atoms with Gasteiger partial charge in [-0.05, 0) is 43.9 Å². The Labute approximate surface area is 130 Å². The standard InChI is InChI=1S/C16H24N2O2S/c1-3-12-5-10-15(17-4-2)16(11-12)21-14-8-6-13(7-9-14)18(19)20/h6-9,12,15-17H,3-5,10-11H2,1-2H3. The topological polar surface area (TPSA) is 55.2 Å². The smallest absolute Gasteiger partial charge is 0.269 e. The van der Waals surface area contributed by atoms with E-state index in [1.807, 2.05) is 23.9 Å². The second-order valence-corrected chi connectivity index (χ2v) is 6.97. The summed E-state index contributed by atoms with van der Waals surface area (Å²) in [5.41, 5.74) is 0.165. The molecule has 1 fully saturated rings. The molecule has 4 nitrogen and oxygen atoms in total. The Bertz CT molecular complexity index is 464. The molecule has 3 atom stereocenters. The highest BCUT2D eigenvalue weighted by Gasteiger charge is 2.29. The fourth-order valence-corrected chi connectivity index (χ4v) is 4.44. The molecule has 0 amide bonds. The van der Waals surface area contributed by atoms with Gasteiger partial charge in [-0.2, -0.15) is 0 Å². The quantitative estimate of drug-likeness (QED) is 0.630. The van der Waals surface area contributed by atoms with Gasteiger partial charge in [-0.25, -0.2) is 0 Å². The summed E-state index contributed by atoms with van der Waals surface area (Å²) in [7, 11) is 0. The van der Waals surface area contributed by atoms with Crippen LogP contribution in [0.5, 0.6) is 0 Å². The molecule has 1 saturated carbocycles. The van der Waals surface area contributed by atoms with Crippen molar-refractivity contribution in [3.8, 4) is 0 Å². The lowest BCUT2D eigenvalue weighted by Gasteiger charge is -2.36. The zero-order valence-electron chi connectivity index (χ0n) is 12.7. The third kappa shape index (κ3) is 4.45. The van der Waals surface area contributed by atoms with Crippen LogP contribution in [0.1, 0.15) is 39.5 Å². The minimum absolute atomic E-state index is 0.165. The zero-order chi connectivity index (χ0) is 15.2. The fraction of sp³-hybridized carbons (Fsp3) is 0.625. The maximum Gasteiger partial charge on any atom is 0.269 e. The van der Waals surface area contributed by atoms with Crippen LogP contribution in [0.15, 0.2) is 29.2 Å². The first-order valence-electron chi connectivity index (χ1n) is 7.78. The number of nitro groups is 1. The molecule has 1 N–H and O–H groups in total. The van der Waals surface area contributed by atoms with Gasteiger partial charge >= 0.3 is 0 Å². The summed E-state index contributed by atoms with van der Waals surface area (Å²) in [5.74, 6) is 0.815. The Morgan fingerprint density at radius 1 is 1.29 bits per heavy atom. The van der Waals surface area contributed by atoms with Crippen molar-refractivity contribution in [2.45, 2.75) is 55.7 Å². The Hall–Kier alpha value is -1.07. The van der Waals surface area contributed by atoms with E-state index in [0.717, 1.165) is 17.4 Å². The first-order chi connectivity index (χ1) is 10.1. The Morgan fingerprint density at radius 3 is 2.57 bits per heavy atom. The van der Waals surface area contributed by atoms with Crippen LogP contribution < -0.4 is 5.32 Å². The number of non-ortho nitro benzene ring substituents is 1. The lowest BCUT2D eigenvalue weighted by molar-refractivity contribution is -0.384. The molecule has 0 saturated heterocycles. The first-order valence-corrected chi connectivity index (χ1v) is 8.66. The summed E-state index contributed by atoms with van der Waals surface area (Å²) in [6.07, 6.45) is 5.02. The molecule has 1 aromatic carbocycles. The number of hydrogen-bond acceptors (Lipinski definition) is 4. The van der Waals surface area contributed by atoms with E-state index in [1.165, 1.54) is 25.7 Å². The molecule has 0 heterocycles. The van der Waals surface area contributed by atoms with Gasteiger partial charge in [0.05, 0.1) is 4.92 Å².